The molecular weight excluding hydrogens is 493 g/mol. The average molecular weight is 527 g/mol. The molecule has 2 saturated heterocycles. The van der Waals surface area contributed by atoms with Crippen molar-refractivity contribution in [1.29, 1.82) is 0 Å². The molecule has 2 amide bonds. The lowest BCUT2D eigenvalue weighted by molar-refractivity contribution is -0.141. The minimum Gasteiger partial charge on any atom is -0.444 e. The monoisotopic (exact) mass is 526 g/mol. The maximum Gasteiger partial charge on any atom is 0.433 e. The van der Waals surface area contributed by atoms with Crippen LogP contribution in [0.15, 0.2) is 30.3 Å². The standard InChI is InChI=1S/C25H31F3N4O3.H2S/c1-24(2,3)35-23(34)32-10-6-7-17(16-32)22(33)31-13-11-30(12-14-31)20-15-21(25(26,27)28)29-19-9-5-4-8-18(19)20;/h4-5,8-9,15,17H,6-7,10-14,16H2,1-3H3;1H2/t17-;/m0./s1. The molecule has 36 heavy (non-hydrogen) atoms. The summed E-state index contributed by atoms with van der Waals surface area (Å²) < 4.78 is 45.8. The zero-order chi connectivity index (χ0) is 25.4. The van der Waals surface area contributed by atoms with Gasteiger partial charge in [0, 0.05) is 50.3 Å². The molecule has 198 valence electrons. The van der Waals surface area contributed by atoms with Gasteiger partial charge in [0.1, 0.15) is 11.3 Å². The number of benzene rings is 1. The Morgan fingerprint density at radius 3 is 2.31 bits per heavy atom. The SMILES string of the molecule is CC(C)(C)OC(=O)N1CCC[C@H](C(=O)N2CCN(c3cc(C(F)(F)F)nc4ccccc34)CC2)C1.S. The zero-order valence-corrected chi connectivity index (χ0v) is 21.8. The lowest BCUT2D eigenvalue weighted by atomic mass is 9.96. The van der Waals surface area contributed by atoms with E-state index in [1.54, 1.807) is 54.8 Å². The summed E-state index contributed by atoms with van der Waals surface area (Å²) in [5, 5.41) is 0.653. The van der Waals surface area contributed by atoms with Crippen molar-refractivity contribution in [2.24, 2.45) is 5.92 Å². The first-order valence-electron chi connectivity index (χ1n) is 11.9. The molecular formula is C25H33F3N4O3S. The molecule has 0 aliphatic carbocycles. The topological polar surface area (TPSA) is 66.0 Å². The molecule has 0 radical (unpaired) electrons. The van der Waals surface area contributed by atoms with Crippen molar-refractivity contribution in [3.63, 3.8) is 0 Å². The van der Waals surface area contributed by atoms with Crippen LogP contribution in [0.1, 0.15) is 39.3 Å². The van der Waals surface area contributed by atoms with E-state index in [4.69, 9.17) is 4.74 Å². The normalized spacial score (nSPS) is 19.2. The maximum atomic E-state index is 13.4. The van der Waals surface area contributed by atoms with E-state index in [-0.39, 0.29) is 25.3 Å². The number of fused-ring (bicyclic) bond motifs is 1. The molecule has 1 atom stereocenters. The number of anilines is 1. The number of rotatable bonds is 2. The minimum atomic E-state index is -4.54. The molecule has 3 heterocycles. The first-order chi connectivity index (χ1) is 16.4. The summed E-state index contributed by atoms with van der Waals surface area (Å²) in [6, 6.07) is 7.89. The highest BCUT2D eigenvalue weighted by Gasteiger charge is 2.36. The second-order valence-electron chi connectivity index (χ2n) is 10.1. The number of ether oxygens (including phenoxy) is 1. The fourth-order valence-electron chi connectivity index (χ4n) is 4.66. The third-order valence-electron chi connectivity index (χ3n) is 6.34. The van der Waals surface area contributed by atoms with Gasteiger partial charge >= 0.3 is 12.3 Å². The van der Waals surface area contributed by atoms with Crippen LogP contribution in [0.3, 0.4) is 0 Å². The van der Waals surface area contributed by atoms with E-state index in [2.05, 4.69) is 4.98 Å². The van der Waals surface area contributed by atoms with E-state index in [0.29, 0.717) is 62.3 Å². The molecule has 0 N–H and O–H groups in total. The van der Waals surface area contributed by atoms with E-state index >= 15 is 0 Å². The molecule has 0 bridgehead atoms. The van der Waals surface area contributed by atoms with E-state index in [1.165, 1.54) is 0 Å². The van der Waals surface area contributed by atoms with Crippen molar-refractivity contribution >= 4 is 42.1 Å². The van der Waals surface area contributed by atoms with Crippen LogP contribution in [0, 0.1) is 5.92 Å². The van der Waals surface area contributed by atoms with Gasteiger partial charge in [-0.3, -0.25) is 4.79 Å². The lowest BCUT2D eigenvalue weighted by Crippen LogP contribution is -2.53. The van der Waals surface area contributed by atoms with Crippen LogP contribution in [0.25, 0.3) is 10.9 Å². The Labute approximate surface area is 216 Å². The number of para-hydroxylation sites is 1. The summed E-state index contributed by atoms with van der Waals surface area (Å²) in [6.45, 7) is 7.93. The summed E-state index contributed by atoms with van der Waals surface area (Å²) >= 11 is 0. The number of nitrogens with zero attached hydrogens (tertiary/aromatic N) is 4. The number of pyridine rings is 1. The Bertz CT molecular complexity index is 1100. The number of likely N-dealkylation sites (tertiary alicyclic amines) is 1. The summed E-state index contributed by atoms with van der Waals surface area (Å²) in [4.78, 5) is 34.7. The fraction of sp³-hybridized carbons (Fsp3) is 0.560. The van der Waals surface area contributed by atoms with Gasteiger partial charge in [-0.25, -0.2) is 9.78 Å². The van der Waals surface area contributed by atoms with Crippen LogP contribution in [0.2, 0.25) is 0 Å². The number of carbonyl (C=O) groups is 2. The van der Waals surface area contributed by atoms with Crippen molar-refractivity contribution in [2.75, 3.05) is 44.2 Å². The van der Waals surface area contributed by atoms with Gasteiger partial charge in [0.05, 0.1) is 11.4 Å². The Hall–Kier alpha value is -2.69. The molecule has 11 heteroatoms. The molecule has 0 saturated carbocycles. The second kappa shape index (κ2) is 10.7. The van der Waals surface area contributed by atoms with Crippen molar-refractivity contribution < 1.29 is 27.5 Å². The van der Waals surface area contributed by atoms with Crippen LogP contribution in [0.5, 0.6) is 0 Å². The maximum absolute atomic E-state index is 13.4. The summed E-state index contributed by atoms with van der Waals surface area (Å²) in [5.74, 6) is -0.324. The first kappa shape index (κ1) is 27.9. The quantitative estimate of drug-likeness (QED) is 0.570. The van der Waals surface area contributed by atoms with E-state index in [1.807, 2.05) is 4.90 Å². The van der Waals surface area contributed by atoms with Gasteiger partial charge in [0.15, 0.2) is 0 Å². The van der Waals surface area contributed by atoms with Crippen LogP contribution >= 0.6 is 13.5 Å². The van der Waals surface area contributed by atoms with Gasteiger partial charge in [-0.2, -0.15) is 26.7 Å². The number of piperazine rings is 1. The average Bonchev–Trinajstić information content (AvgIpc) is 2.81. The number of piperidine rings is 1. The summed E-state index contributed by atoms with van der Waals surface area (Å²) in [5.41, 5.74) is -0.758. The van der Waals surface area contributed by atoms with E-state index in [9.17, 15) is 22.8 Å². The molecule has 2 aliphatic rings. The molecule has 0 unspecified atom stereocenters. The van der Waals surface area contributed by atoms with Gasteiger partial charge < -0.3 is 19.4 Å². The zero-order valence-electron chi connectivity index (χ0n) is 20.8. The third kappa shape index (κ3) is 6.35. The lowest BCUT2D eigenvalue weighted by Gasteiger charge is -2.40. The largest absolute Gasteiger partial charge is 0.444 e. The van der Waals surface area contributed by atoms with Crippen LogP contribution < -0.4 is 4.90 Å². The van der Waals surface area contributed by atoms with E-state index < -0.39 is 23.6 Å². The number of carbonyl (C=O) groups excluding carboxylic acids is 2. The molecule has 0 spiro atoms. The van der Waals surface area contributed by atoms with Crippen LogP contribution in [0.4, 0.5) is 23.7 Å². The highest BCUT2D eigenvalue weighted by molar-refractivity contribution is 7.59. The molecule has 7 nitrogen and oxygen atoms in total. The Morgan fingerprint density at radius 2 is 1.67 bits per heavy atom. The Kier molecular flexibility index (Phi) is 8.32. The molecule has 2 aliphatic heterocycles. The van der Waals surface area contributed by atoms with Gasteiger partial charge in [-0.05, 0) is 45.7 Å². The minimum absolute atomic E-state index is 0. The number of amides is 2. The number of alkyl halides is 3. The summed E-state index contributed by atoms with van der Waals surface area (Å²) in [6.07, 6.45) is -3.54. The fourth-order valence-corrected chi connectivity index (χ4v) is 4.66. The Balaban J connectivity index is 0.00000361. The number of hydrogen-bond acceptors (Lipinski definition) is 5. The number of halogens is 3. The first-order valence-corrected chi connectivity index (χ1v) is 11.9. The van der Waals surface area contributed by atoms with Gasteiger partial charge in [0.2, 0.25) is 5.91 Å². The molecule has 2 fully saturated rings. The predicted octanol–water partition coefficient (Wildman–Crippen LogP) is 4.66. The third-order valence-corrected chi connectivity index (χ3v) is 6.34. The van der Waals surface area contributed by atoms with Gasteiger partial charge in [-0.1, -0.05) is 18.2 Å². The molecule has 4 rings (SSSR count). The van der Waals surface area contributed by atoms with Crippen molar-refractivity contribution in [3.05, 3.63) is 36.0 Å². The highest BCUT2D eigenvalue weighted by atomic mass is 32.1. The van der Waals surface area contributed by atoms with E-state index in [0.717, 1.165) is 12.5 Å². The summed E-state index contributed by atoms with van der Waals surface area (Å²) in [7, 11) is 0. The number of aromatic nitrogens is 1. The van der Waals surface area contributed by atoms with Crippen LogP contribution in [-0.2, 0) is 15.7 Å². The molecule has 1 aromatic heterocycles. The van der Waals surface area contributed by atoms with Gasteiger partial charge in [0.25, 0.3) is 0 Å². The molecule has 2 aromatic rings. The molecule has 1 aromatic carbocycles. The highest BCUT2D eigenvalue weighted by Crippen LogP contribution is 2.35. The second-order valence-corrected chi connectivity index (χ2v) is 10.1. The smallest absolute Gasteiger partial charge is 0.433 e. The number of hydrogen-bond donors (Lipinski definition) is 0. The van der Waals surface area contributed by atoms with Crippen LogP contribution in [-0.4, -0.2) is 71.7 Å². The van der Waals surface area contributed by atoms with Crippen molar-refractivity contribution in [1.82, 2.24) is 14.8 Å². The van der Waals surface area contributed by atoms with Crippen molar-refractivity contribution in [3.8, 4) is 0 Å². The van der Waals surface area contributed by atoms with Gasteiger partial charge in [-0.15, -0.1) is 0 Å². The predicted molar refractivity (Wildman–Crippen MR) is 136 cm³/mol. The Morgan fingerprint density at radius 1 is 1.00 bits per heavy atom. The van der Waals surface area contributed by atoms with Crippen molar-refractivity contribution in [2.45, 2.75) is 45.4 Å².